The number of non-ortho nitro benzene ring substituents is 1. The molecule has 0 aliphatic heterocycles. The van der Waals surface area contributed by atoms with Gasteiger partial charge in [0.05, 0.1) is 16.7 Å². The molecule has 0 aromatic heterocycles. The number of benzene rings is 1. The van der Waals surface area contributed by atoms with E-state index < -0.39 is 36.9 Å². The summed E-state index contributed by atoms with van der Waals surface area (Å²) in [4.78, 5) is 9.41. The van der Waals surface area contributed by atoms with Gasteiger partial charge in [0, 0.05) is 18.2 Å². The van der Waals surface area contributed by atoms with Crippen LogP contribution < -0.4 is 10.0 Å². The summed E-state index contributed by atoms with van der Waals surface area (Å²) < 4.78 is 41.2. The van der Waals surface area contributed by atoms with Crippen molar-refractivity contribution in [2.24, 2.45) is 0 Å². The first-order valence-corrected chi connectivity index (χ1v) is 7.92. The molecule has 0 heterocycles. The first kappa shape index (κ1) is 15.6. The van der Waals surface area contributed by atoms with E-state index >= 15 is 0 Å². The van der Waals surface area contributed by atoms with Crippen LogP contribution in [0.3, 0.4) is 0 Å². The third-order valence-corrected chi connectivity index (χ3v) is 4.97. The van der Waals surface area contributed by atoms with Crippen LogP contribution in [0.25, 0.3) is 0 Å². The molecule has 1 aromatic carbocycles. The number of nitro groups is 1. The molecule has 0 saturated heterocycles. The number of hydrogen-bond donors (Lipinski definition) is 2. The molecule has 2 N–H and O–H groups in total. The highest BCUT2D eigenvalue weighted by molar-refractivity contribution is 7.89. The molecule has 1 saturated carbocycles. The topological polar surface area (TPSA) is 101 Å². The van der Waals surface area contributed by atoms with E-state index in [-0.39, 0.29) is 5.69 Å². The highest BCUT2D eigenvalue weighted by atomic mass is 32.2. The van der Waals surface area contributed by atoms with Crippen molar-refractivity contribution in [2.45, 2.75) is 37.1 Å². The van der Waals surface area contributed by atoms with Crippen LogP contribution in [-0.2, 0) is 10.0 Å². The Kier molecular flexibility index (Phi) is 3.89. The average Bonchev–Trinajstić information content (AvgIpc) is 3.04. The predicted molar refractivity (Wildman–Crippen MR) is 75.2 cm³/mol. The van der Waals surface area contributed by atoms with Crippen molar-refractivity contribution in [3.05, 3.63) is 28.1 Å². The SMILES string of the molecule is CCNc1cc([N+](=O)[O-])cc(F)c1S(=O)(=O)NC1(C)CC1. The van der Waals surface area contributed by atoms with Gasteiger partial charge in [-0.1, -0.05) is 0 Å². The maximum Gasteiger partial charge on any atom is 0.274 e. The van der Waals surface area contributed by atoms with E-state index in [4.69, 9.17) is 0 Å². The molecule has 1 aliphatic rings. The Bertz CT molecular complexity index is 686. The van der Waals surface area contributed by atoms with E-state index in [0.717, 1.165) is 6.07 Å². The van der Waals surface area contributed by atoms with Gasteiger partial charge in [-0.2, -0.15) is 0 Å². The molecule has 7 nitrogen and oxygen atoms in total. The molecule has 1 fully saturated rings. The fourth-order valence-corrected chi connectivity index (χ4v) is 3.64. The molecule has 116 valence electrons. The lowest BCUT2D eigenvalue weighted by Gasteiger charge is -2.16. The summed E-state index contributed by atoms with van der Waals surface area (Å²) in [6, 6.07) is 1.64. The zero-order valence-electron chi connectivity index (χ0n) is 11.6. The maximum atomic E-state index is 14.1. The number of hydrogen-bond acceptors (Lipinski definition) is 5. The zero-order valence-corrected chi connectivity index (χ0v) is 12.5. The second-order valence-electron chi connectivity index (χ2n) is 5.26. The van der Waals surface area contributed by atoms with Crippen molar-refractivity contribution < 1.29 is 17.7 Å². The van der Waals surface area contributed by atoms with Gasteiger partial charge < -0.3 is 5.32 Å². The van der Waals surface area contributed by atoms with Crippen LogP contribution in [0.2, 0.25) is 0 Å². The van der Waals surface area contributed by atoms with Crippen molar-refractivity contribution in [3.8, 4) is 0 Å². The third-order valence-electron chi connectivity index (χ3n) is 3.26. The van der Waals surface area contributed by atoms with Crippen LogP contribution in [0.15, 0.2) is 17.0 Å². The first-order chi connectivity index (χ1) is 9.68. The Balaban J connectivity index is 2.53. The Morgan fingerprint density at radius 1 is 1.43 bits per heavy atom. The molecule has 0 amide bonds. The van der Waals surface area contributed by atoms with Crippen LogP contribution in [-0.4, -0.2) is 25.4 Å². The van der Waals surface area contributed by atoms with Crippen LogP contribution in [0.5, 0.6) is 0 Å². The number of sulfonamides is 1. The predicted octanol–water partition coefficient (Wildman–Crippen LogP) is 2.00. The molecule has 2 rings (SSSR count). The lowest BCUT2D eigenvalue weighted by molar-refractivity contribution is -0.385. The third kappa shape index (κ3) is 3.30. The number of anilines is 1. The zero-order chi connectivity index (χ0) is 15.8. The lowest BCUT2D eigenvalue weighted by atomic mass is 10.2. The summed E-state index contributed by atoms with van der Waals surface area (Å²) in [6.45, 7) is 3.71. The van der Waals surface area contributed by atoms with Gasteiger partial charge in [-0.3, -0.25) is 10.1 Å². The maximum absolute atomic E-state index is 14.1. The fraction of sp³-hybridized carbons (Fsp3) is 0.500. The van der Waals surface area contributed by atoms with E-state index in [1.807, 2.05) is 0 Å². The van der Waals surface area contributed by atoms with Crippen LogP contribution in [0, 0.1) is 15.9 Å². The Morgan fingerprint density at radius 3 is 2.52 bits per heavy atom. The van der Waals surface area contributed by atoms with Crippen LogP contribution >= 0.6 is 0 Å². The van der Waals surface area contributed by atoms with E-state index in [9.17, 15) is 22.9 Å². The van der Waals surface area contributed by atoms with Gasteiger partial charge in [0.25, 0.3) is 5.69 Å². The minimum absolute atomic E-state index is 0.110. The molecular formula is C12H16FN3O4S. The number of rotatable bonds is 6. The molecule has 1 aliphatic carbocycles. The largest absolute Gasteiger partial charge is 0.384 e. The summed E-state index contributed by atoms with van der Waals surface area (Å²) >= 11 is 0. The molecule has 0 spiro atoms. The van der Waals surface area contributed by atoms with E-state index in [1.165, 1.54) is 0 Å². The number of nitrogens with zero attached hydrogens (tertiary/aromatic N) is 1. The molecule has 9 heteroatoms. The summed E-state index contributed by atoms with van der Waals surface area (Å²) in [7, 11) is -4.09. The van der Waals surface area contributed by atoms with Gasteiger partial charge in [0.1, 0.15) is 4.90 Å². The summed E-state index contributed by atoms with van der Waals surface area (Å²) in [5, 5.41) is 13.4. The van der Waals surface area contributed by atoms with Crippen LogP contribution in [0.4, 0.5) is 15.8 Å². The van der Waals surface area contributed by atoms with Gasteiger partial charge >= 0.3 is 0 Å². The smallest absolute Gasteiger partial charge is 0.274 e. The van der Waals surface area contributed by atoms with Gasteiger partial charge in [-0.15, -0.1) is 0 Å². The highest BCUT2D eigenvalue weighted by Gasteiger charge is 2.42. The molecule has 0 unspecified atom stereocenters. The summed E-state index contributed by atoms with van der Waals surface area (Å²) in [5.74, 6) is -1.14. The van der Waals surface area contributed by atoms with E-state index in [0.29, 0.717) is 25.5 Å². The molecule has 0 radical (unpaired) electrons. The van der Waals surface area contributed by atoms with Crippen molar-refractivity contribution in [1.82, 2.24) is 4.72 Å². The molecular weight excluding hydrogens is 301 g/mol. The van der Waals surface area contributed by atoms with Gasteiger partial charge in [-0.25, -0.2) is 17.5 Å². The van der Waals surface area contributed by atoms with Crippen molar-refractivity contribution >= 4 is 21.4 Å². The fourth-order valence-electron chi connectivity index (χ4n) is 1.94. The highest BCUT2D eigenvalue weighted by Crippen LogP contribution is 2.38. The Hall–Kier alpha value is -1.74. The monoisotopic (exact) mass is 317 g/mol. The van der Waals surface area contributed by atoms with Crippen molar-refractivity contribution in [2.75, 3.05) is 11.9 Å². The van der Waals surface area contributed by atoms with E-state index in [2.05, 4.69) is 10.0 Å². The average molecular weight is 317 g/mol. The quantitative estimate of drug-likeness (QED) is 0.617. The lowest BCUT2D eigenvalue weighted by Crippen LogP contribution is -2.35. The van der Waals surface area contributed by atoms with Crippen molar-refractivity contribution in [1.29, 1.82) is 0 Å². The van der Waals surface area contributed by atoms with Gasteiger partial charge in [-0.05, 0) is 26.7 Å². The molecule has 0 bridgehead atoms. The minimum Gasteiger partial charge on any atom is -0.384 e. The Morgan fingerprint density at radius 2 is 2.05 bits per heavy atom. The first-order valence-electron chi connectivity index (χ1n) is 6.44. The Labute approximate surface area is 121 Å². The summed E-state index contributed by atoms with van der Waals surface area (Å²) in [5.41, 5.74) is -1.17. The summed E-state index contributed by atoms with van der Waals surface area (Å²) in [6.07, 6.45) is 1.36. The molecule has 0 atom stereocenters. The van der Waals surface area contributed by atoms with E-state index in [1.54, 1.807) is 13.8 Å². The van der Waals surface area contributed by atoms with Crippen LogP contribution in [0.1, 0.15) is 26.7 Å². The second kappa shape index (κ2) is 5.23. The number of nitrogens with one attached hydrogen (secondary N) is 2. The second-order valence-corrected chi connectivity index (χ2v) is 6.88. The number of halogens is 1. The van der Waals surface area contributed by atoms with Crippen molar-refractivity contribution in [3.63, 3.8) is 0 Å². The van der Waals surface area contributed by atoms with Gasteiger partial charge in [0.2, 0.25) is 10.0 Å². The van der Waals surface area contributed by atoms with Gasteiger partial charge in [0.15, 0.2) is 5.82 Å². The number of nitro benzene ring substituents is 1. The normalized spacial score (nSPS) is 16.5. The minimum atomic E-state index is -4.09. The molecule has 1 aromatic rings. The molecule has 21 heavy (non-hydrogen) atoms. The standard InChI is InChI=1S/C12H16FN3O4S/c1-3-14-10-7-8(16(17)18)6-9(13)11(10)21(19,20)15-12(2)4-5-12/h6-7,14-15H,3-5H2,1-2H3.